The quantitative estimate of drug-likeness (QED) is 0.363. The molecule has 0 aliphatic heterocycles. The lowest BCUT2D eigenvalue weighted by Gasteiger charge is -2.24. The van der Waals surface area contributed by atoms with E-state index in [2.05, 4.69) is 5.32 Å². The third kappa shape index (κ3) is 5.93. The van der Waals surface area contributed by atoms with Crippen LogP contribution >= 0.6 is 34.8 Å². The minimum atomic E-state index is -4.04. The summed E-state index contributed by atoms with van der Waals surface area (Å²) in [5.74, 6) is -0.489. The number of aryl methyl sites for hydroxylation is 3. The molecule has 0 aliphatic carbocycles. The number of sulfonamides is 1. The van der Waals surface area contributed by atoms with Gasteiger partial charge in [-0.25, -0.2) is 8.42 Å². The van der Waals surface area contributed by atoms with Crippen molar-refractivity contribution in [1.82, 2.24) is 4.31 Å². The van der Waals surface area contributed by atoms with Gasteiger partial charge in [-0.05, 0) is 74.2 Å². The summed E-state index contributed by atoms with van der Waals surface area (Å²) in [4.78, 5) is 13.2. The number of amides is 1. The summed E-state index contributed by atoms with van der Waals surface area (Å²) >= 11 is 18.3. The highest BCUT2D eigenvalue weighted by atomic mass is 35.5. The van der Waals surface area contributed by atoms with E-state index < -0.39 is 22.5 Å². The molecule has 5 nitrogen and oxygen atoms in total. The van der Waals surface area contributed by atoms with Gasteiger partial charge in [0.2, 0.25) is 15.9 Å². The fourth-order valence-electron chi connectivity index (χ4n) is 3.86. The zero-order valence-electron chi connectivity index (χ0n) is 19.2. The third-order valence-corrected chi connectivity index (χ3v) is 8.65. The molecule has 0 saturated carbocycles. The number of hydrogen-bond acceptors (Lipinski definition) is 3. The lowest BCUT2D eigenvalue weighted by molar-refractivity contribution is -0.116. The molecule has 0 aliphatic rings. The highest BCUT2D eigenvalue weighted by molar-refractivity contribution is 7.89. The molecule has 34 heavy (non-hydrogen) atoms. The van der Waals surface area contributed by atoms with Crippen LogP contribution in [0, 0.1) is 27.7 Å². The summed E-state index contributed by atoms with van der Waals surface area (Å²) in [7, 11) is -4.04. The van der Waals surface area contributed by atoms with E-state index in [1.54, 1.807) is 57.2 Å². The van der Waals surface area contributed by atoms with Crippen LogP contribution in [-0.4, -0.2) is 25.2 Å². The lowest BCUT2D eigenvalue weighted by Crippen LogP contribution is -2.38. The van der Waals surface area contributed by atoms with Crippen LogP contribution in [0.2, 0.25) is 15.1 Å². The minimum Gasteiger partial charge on any atom is -0.325 e. The van der Waals surface area contributed by atoms with Gasteiger partial charge in [-0.2, -0.15) is 4.31 Å². The second kappa shape index (κ2) is 10.7. The van der Waals surface area contributed by atoms with Crippen molar-refractivity contribution in [2.75, 3.05) is 11.9 Å². The topological polar surface area (TPSA) is 66.5 Å². The van der Waals surface area contributed by atoms with Crippen molar-refractivity contribution in [3.05, 3.63) is 91.4 Å². The van der Waals surface area contributed by atoms with Crippen molar-refractivity contribution in [1.29, 1.82) is 0 Å². The first kappa shape index (κ1) is 26.5. The Hall–Kier alpha value is -2.09. The molecule has 0 heterocycles. The number of nitrogens with one attached hydrogen (secondary N) is 1. The maximum absolute atomic E-state index is 13.8. The Kier molecular flexibility index (Phi) is 8.32. The minimum absolute atomic E-state index is 0.0616. The molecule has 0 bridgehead atoms. The van der Waals surface area contributed by atoms with Crippen molar-refractivity contribution >= 4 is 56.4 Å². The summed E-state index contributed by atoms with van der Waals surface area (Å²) in [6, 6.07) is 13.7. The van der Waals surface area contributed by atoms with Crippen LogP contribution in [0.5, 0.6) is 0 Å². The average molecular weight is 540 g/mol. The van der Waals surface area contributed by atoms with Crippen molar-refractivity contribution < 1.29 is 13.2 Å². The van der Waals surface area contributed by atoms with Gasteiger partial charge < -0.3 is 5.32 Å². The molecular weight excluding hydrogens is 515 g/mol. The molecule has 0 atom stereocenters. The van der Waals surface area contributed by atoms with Crippen LogP contribution in [0.3, 0.4) is 0 Å². The van der Waals surface area contributed by atoms with Crippen molar-refractivity contribution in [2.24, 2.45) is 0 Å². The molecule has 1 amide bonds. The molecule has 3 aromatic rings. The van der Waals surface area contributed by atoms with Crippen LogP contribution in [0.15, 0.2) is 53.4 Å². The Morgan fingerprint density at radius 2 is 1.53 bits per heavy atom. The Morgan fingerprint density at radius 3 is 2.15 bits per heavy atom. The molecule has 3 aromatic carbocycles. The van der Waals surface area contributed by atoms with Gasteiger partial charge in [0.05, 0.1) is 21.5 Å². The number of rotatable bonds is 7. The molecule has 0 aromatic heterocycles. The maximum atomic E-state index is 13.8. The van der Waals surface area contributed by atoms with Crippen molar-refractivity contribution in [3.8, 4) is 0 Å². The fourth-order valence-corrected chi connectivity index (χ4v) is 6.15. The highest BCUT2D eigenvalue weighted by Crippen LogP contribution is 2.29. The summed E-state index contributed by atoms with van der Waals surface area (Å²) in [6.07, 6.45) is 0. The van der Waals surface area contributed by atoms with Crippen LogP contribution in [0.4, 0.5) is 5.69 Å². The Morgan fingerprint density at radius 1 is 0.882 bits per heavy atom. The smallest absolute Gasteiger partial charge is 0.244 e. The first-order valence-electron chi connectivity index (χ1n) is 10.5. The molecule has 0 fully saturated rings. The number of hydrogen-bond donors (Lipinski definition) is 1. The second-order valence-electron chi connectivity index (χ2n) is 8.21. The summed E-state index contributed by atoms with van der Waals surface area (Å²) in [5, 5.41) is 3.94. The van der Waals surface area contributed by atoms with E-state index in [-0.39, 0.29) is 11.4 Å². The van der Waals surface area contributed by atoms with Gasteiger partial charge in [0.25, 0.3) is 0 Å². The monoisotopic (exact) mass is 538 g/mol. The number of nitrogens with zero attached hydrogens (tertiary/aromatic N) is 1. The molecule has 0 radical (unpaired) electrons. The van der Waals surface area contributed by atoms with Gasteiger partial charge >= 0.3 is 0 Å². The van der Waals surface area contributed by atoms with E-state index in [4.69, 9.17) is 34.8 Å². The predicted molar refractivity (Wildman–Crippen MR) is 140 cm³/mol. The Labute approximate surface area is 215 Å². The zero-order valence-corrected chi connectivity index (χ0v) is 22.3. The van der Waals surface area contributed by atoms with Gasteiger partial charge in [0, 0.05) is 17.3 Å². The number of carbonyl (C=O) groups is 1. The SMILES string of the molecule is Cc1cc(C)c(S(=O)(=O)N(CC(=O)Nc2cccc(Cl)c2C)Cc2ccc(Cl)c(Cl)c2)c(C)c1. The number of benzene rings is 3. The lowest BCUT2D eigenvalue weighted by atomic mass is 10.1. The van der Waals surface area contributed by atoms with Crippen LogP contribution in [0.1, 0.15) is 27.8 Å². The van der Waals surface area contributed by atoms with E-state index in [1.165, 1.54) is 0 Å². The summed E-state index contributed by atoms with van der Waals surface area (Å²) < 4.78 is 28.8. The molecule has 180 valence electrons. The van der Waals surface area contributed by atoms with Crippen molar-refractivity contribution in [2.45, 2.75) is 39.1 Å². The second-order valence-corrected chi connectivity index (χ2v) is 11.3. The average Bonchev–Trinajstić information content (AvgIpc) is 2.72. The molecular formula is C25H25Cl3N2O3S. The molecule has 1 N–H and O–H groups in total. The van der Waals surface area contributed by atoms with Gasteiger partial charge in [-0.15, -0.1) is 0 Å². The molecule has 0 saturated heterocycles. The summed E-state index contributed by atoms with van der Waals surface area (Å²) in [5.41, 5.74) is 4.01. The maximum Gasteiger partial charge on any atom is 0.244 e. The number of carbonyl (C=O) groups excluding carboxylic acids is 1. The van der Waals surface area contributed by atoms with Crippen LogP contribution in [0.25, 0.3) is 0 Å². The Bertz CT molecular complexity index is 1330. The number of halogens is 3. The molecule has 9 heteroatoms. The predicted octanol–water partition coefficient (Wildman–Crippen LogP) is 6.71. The molecule has 0 spiro atoms. The number of anilines is 1. The molecule has 0 unspecified atom stereocenters. The first-order valence-corrected chi connectivity index (χ1v) is 13.0. The summed E-state index contributed by atoms with van der Waals surface area (Å²) in [6.45, 7) is 6.72. The van der Waals surface area contributed by atoms with E-state index in [0.29, 0.717) is 43.0 Å². The zero-order chi connectivity index (χ0) is 25.2. The van der Waals surface area contributed by atoms with Crippen molar-refractivity contribution in [3.63, 3.8) is 0 Å². The van der Waals surface area contributed by atoms with Crippen LogP contribution < -0.4 is 5.32 Å². The highest BCUT2D eigenvalue weighted by Gasteiger charge is 2.30. The van der Waals surface area contributed by atoms with Gasteiger partial charge in [-0.1, -0.05) is 64.6 Å². The van der Waals surface area contributed by atoms with E-state index in [1.807, 2.05) is 19.1 Å². The van der Waals surface area contributed by atoms with Gasteiger partial charge in [0.1, 0.15) is 0 Å². The van der Waals surface area contributed by atoms with Gasteiger partial charge in [-0.3, -0.25) is 4.79 Å². The van der Waals surface area contributed by atoms with Gasteiger partial charge in [0.15, 0.2) is 0 Å². The molecule has 3 rings (SSSR count). The van der Waals surface area contributed by atoms with E-state index in [9.17, 15) is 13.2 Å². The van der Waals surface area contributed by atoms with Crippen LogP contribution in [-0.2, 0) is 21.4 Å². The standard InChI is InChI=1S/C25H25Cl3N2O3S/c1-15-10-16(2)25(17(3)11-15)34(32,33)30(13-19-8-9-21(27)22(28)12-19)14-24(31)29-23-7-5-6-20(26)18(23)4/h5-12H,13-14H2,1-4H3,(H,29,31). The largest absolute Gasteiger partial charge is 0.325 e. The fraction of sp³-hybridized carbons (Fsp3) is 0.240. The Balaban J connectivity index is 2.00. The first-order chi connectivity index (χ1) is 15.9. The van der Waals surface area contributed by atoms with E-state index in [0.717, 1.165) is 9.87 Å². The third-order valence-electron chi connectivity index (χ3n) is 5.41. The normalized spacial score (nSPS) is 11.6. The van der Waals surface area contributed by atoms with E-state index >= 15 is 0 Å².